The Kier molecular flexibility index (Phi) is 7.15. The number of rotatable bonds is 8. The van der Waals surface area contributed by atoms with Gasteiger partial charge in [0.25, 0.3) is 0 Å². The number of carbonyl (C=O) groups excluding carboxylic acids is 3. The van der Waals surface area contributed by atoms with Crippen molar-refractivity contribution in [3.05, 3.63) is 107 Å². The van der Waals surface area contributed by atoms with Crippen LogP contribution in [0.25, 0.3) is 0 Å². The highest BCUT2D eigenvalue weighted by Gasteiger charge is 2.38. The molecule has 5 heteroatoms. The molecule has 0 bridgehead atoms. The lowest BCUT2D eigenvalue weighted by molar-refractivity contribution is -0.141. The fourth-order valence-corrected chi connectivity index (χ4v) is 3.68. The third-order valence-electron chi connectivity index (χ3n) is 4.97. The average molecular weight is 421 g/mol. The lowest BCUT2D eigenvalue weighted by Crippen LogP contribution is -2.32. The van der Waals surface area contributed by atoms with Crippen molar-refractivity contribution in [2.45, 2.75) is 12.3 Å². The smallest absolute Gasteiger partial charge is 0.306 e. The third-order valence-corrected chi connectivity index (χ3v) is 5.21. The van der Waals surface area contributed by atoms with E-state index in [1.807, 2.05) is 0 Å². The van der Waals surface area contributed by atoms with E-state index in [2.05, 4.69) is 0 Å². The monoisotopic (exact) mass is 420 g/mol. The fourth-order valence-electron chi connectivity index (χ4n) is 3.48. The summed E-state index contributed by atoms with van der Waals surface area (Å²) in [6, 6.07) is 24.1. The molecule has 1 unspecified atom stereocenters. The van der Waals surface area contributed by atoms with Crippen LogP contribution in [0, 0.1) is 5.92 Å². The van der Waals surface area contributed by atoms with Gasteiger partial charge in [0.05, 0.1) is 19.4 Å². The molecule has 30 heavy (non-hydrogen) atoms. The van der Waals surface area contributed by atoms with Crippen molar-refractivity contribution in [1.82, 2.24) is 0 Å². The third kappa shape index (κ3) is 5.02. The van der Waals surface area contributed by atoms with E-state index in [0.717, 1.165) is 0 Å². The molecular formula is C25H21ClO4. The van der Waals surface area contributed by atoms with E-state index in [1.165, 1.54) is 7.11 Å². The second-order valence-corrected chi connectivity index (χ2v) is 7.32. The Labute approximate surface area is 180 Å². The van der Waals surface area contributed by atoms with Crippen LogP contribution in [0.2, 0.25) is 5.02 Å². The summed E-state index contributed by atoms with van der Waals surface area (Å²) in [4.78, 5) is 39.3. The van der Waals surface area contributed by atoms with Gasteiger partial charge in [-0.1, -0.05) is 84.4 Å². The summed E-state index contributed by atoms with van der Waals surface area (Å²) in [6.07, 6.45) is -0.126. The second-order valence-electron chi connectivity index (χ2n) is 6.88. The van der Waals surface area contributed by atoms with Crippen LogP contribution in [0.5, 0.6) is 0 Å². The van der Waals surface area contributed by atoms with Gasteiger partial charge >= 0.3 is 5.97 Å². The highest BCUT2D eigenvalue weighted by molar-refractivity contribution is 6.30. The number of hydrogen-bond donors (Lipinski definition) is 0. The van der Waals surface area contributed by atoms with Crippen LogP contribution < -0.4 is 0 Å². The van der Waals surface area contributed by atoms with E-state index in [1.54, 1.807) is 84.9 Å². The van der Waals surface area contributed by atoms with Crippen molar-refractivity contribution in [3.8, 4) is 0 Å². The van der Waals surface area contributed by atoms with Crippen LogP contribution in [-0.2, 0) is 9.53 Å². The van der Waals surface area contributed by atoms with Gasteiger partial charge in [-0.3, -0.25) is 14.4 Å². The number of hydrogen-bond acceptors (Lipinski definition) is 4. The molecule has 0 fully saturated rings. The van der Waals surface area contributed by atoms with Crippen LogP contribution in [0.3, 0.4) is 0 Å². The summed E-state index contributed by atoms with van der Waals surface area (Å²) in [7, 11) is 1.28. The molecule has 0 spiro atoms. The molecule has 152 valence electrons. The topological polar surface area (TPSA) is 60.4 Å². The van der Waals surface area contributed by atoms with Crippen molar-refractivity contribution in [3.63, 3.8) is 0 Å². The number of methoxy groups -OCH3 is 1. The van der Waals surface area contributed by atoms with Crippen molar-refractivity contribution >= 4 is 29.1 Å². The quantitative estimate of drug-likeness (QED) is 0.279. The molecule has 0 aliphatic rings. The Morgan fingerprint density at radius 2 is 1.33 bits per heavy atom. The molecule has 0 heterocycles. The number of ketones is 2. The molecule has 0 saturated heterocycles. The predicted octanol–water partition coefficient (Wildman–Crippen LogP) is 5.37. The van der Waals surface area contributed by atoms with Gasteiger partial charge in [0.2, 0.25) is 0 Å². The van der Waals surface area contributed by atoms with Crippen molar-refractivity contribution in [2.24, 2.45) is 5.92 Å². The first-order valence-corrected chi connectivity index (χ1v) is 9.90. The van der Waals surface area contributed by atoms with Crippen molar-refractivity contribution in [2.75, 3.05) is 7.11 Å². The zero-order valence-electron chi connectivity index (χ0n) is 16.5. The summed E-state index contributed by atoms with van der Waals surface area (Å²) >= 11 is 6.17. The average Bonchev–Trinajstić information content (AvgIpc) is 2.79. The van der Waals surface area contributed by atoms with Gasteiger partial charge in [0.1, 0.15) is 0 Å². The number of benzene rings is 3. The molecule has 1 atom stereocenters. The fraction of sp³-hybridized carbons (Fsp3) is 0.160. The Morgan fingerprint density at radius 1 is 0.800 bits per heavy atom. The van der Waals surface area contributed by atoms with Gasteiger partial charge in [-0.05, 0) is 17.7 Å². The first-order valence-electron chi connectivity index (χ1n) is 9.52. The zero-order valence-corrected chi connectivity index (χ0v) is 17.2. The van der Waals surface area contributed by atoms with Gasteiger partial charge in [0.15, 0.2) is 11.6 Å². The molecule has 0 aliphatic heterocycles. The Hall–Kier alpha value is -3.24. The van der Waals surface area contributed by atoms with Gasteiger partial charge < -0.3 is 4.74 Å². The normalized spacial score (nSPS) is 11.7. The van der Waals surface area contributed by atoms with Crippen LogP contribution >= 0.6 is 11.6 Å². The summed E-state index contributed by atoms with van der Waals surface area (Å²) < 4.78 is 4.86. The van der Waals surface area contributed by atoms with E-state index in [0.29, 0.717) is 21.7 Å². The molecule has 0 aromatic heterocycles. The summed E-state index contributed by atoms with van der Waals surface area (Å²) in [6.45, 7) is 0. The molecular weight excluding hydrogens is 400 g/mol. The Morgan fingerprint density at radius 3 is 1.80 bits per heavy atom. The lowest BCUT2D eigenvalue weighted by Gasteiger charge is -2.25. The molecule has 0 saturated carbocycles. The zero-order chi connectivity index (χ0) is 21.5. The van der Waals surface area contributed by atoms with E-state index in [-0.39, 0.29) is 18.0 Å². The predicted molar refractivity (Wildman–Crippen MR) is 116 cm³/mol. The van der Waals surface area contributed by atoms with Crippen LogP contribution in [0.15, 0.2) is 84.9 Å². The minimum Gasteiger partial charge on any atom is -0.469 e. The minimum absolute atomic E-state index is 0.126. The minimum atomic E-state index is -1.10. The Bertz CT molecular complexity index is 980. The highest BCUT2D eigenvalue weighted by Crippen LogP contribution is 2.35. The first-order chi connectivity index (χ1) is 14.5. The van der Waals surface area contributed by atoms with E-state index in [9.17, 15) is 14.4 Å². The van der Waals surface area contributed by atoms with E-state index < -0.39 is 17.8 Å². The van der Waals surface area contributed by atoms with Crippen molar-refractivity contribution in [1.29, 1.82) is 0 Å². The Balaban J connectivity index is 2.14. The molecule has 0 radical (unpaired) electrons. The largest absolute Gasteiger partial charge is 0.469 e. The number of halogens is 1. The number of carbonyl (C=O) groups is 3. The van der Waals surface area contributed by atoms with Crippen molar-refractivity contribution < 1.29 is 19.1 Å². The second kappa shape index (κ2) is 9.99. The number of ether oxygens (including phenoxy) is 1. The van der Waals surface area contributed by atoms with Gasteiger partial charge in [-0.2, -0.15) is 0 Å². The maximum Gasteiger partial charge on any atom is 0.306 e. The standard InChI is InChI=1S/C25H21ClO4/c1-30-22(27)16-21(19-13-8-14-20(26)15-19)23(24(28)17-9-4-2-5-10-17)25(29)18-11-6-3-7-12-18/h2-15,21,23H,16H2,1H3. The summed E-state index contributed by atoms with van der Waals surface area (Å²) in [5, 5.41) is 0.459. The molecule has 0 aliphatic carbocycles. The lowest BCUT2D eigenvalue weighted by atomic mass is 9.75. The first kappa shape index (κ1) is 21.5. The summed E-state index contributed by atoms with van der Waals surface area (Å²) in [5.74, 6) is -3.03. The maximum absolute atomic E-state index is 13.5. The van der Waals surface area contributed by atoms with Crippen LogP contribution in [0.4, 0.5) is 0 Å². The van der Waals surface area contributed by atoms with Gasteiger partial charge in [-0.25, -0.2) is 0 Å². The van der Waals surface area contributed by atoms with Crippen LogP contribution in [-0.4, -0.2) is 24.6 Å². The molecule has 3 aromatic carbocycles. The molecule has 3 aromatic rings. The molecule has 4 nitrogen and oxygen atoms in total. The number of esters is 1. The number of Topliss-reactive ketones (excluding diaryl/α,β-unsaturated/α-hetero) is 2. The molecule has 3 rings (SSSR count). The highest BCUT2D eigenvalue weighted by atomic mass is 35.5. The van der Waals surface area contributed by atoms with Gasteiger partial charge in [0, 0.05) is 22.1 Å². The summed E-state index contributed by atoms with van der Waals surface area (Å²) in [5.41, 5.74) is 1.44. The SMILES string of the molecule is COC(=O)CC(c1cccc(Cl)c1)C(C(=O)c1ccccc1)C(=O)c1ccccc1. The van der Waals surface area contributed by atoms with E-state index in [4.69, 9.17) is 16.3 Å². The maximum atomic E-state index is 13.5. The van der Waals surface area contributed by atoms with E-state index >= 15 is 0 Å². The molecule has 0 amide bonds. The van der Waals surface area contributed by atoms with Gasteiger partial charge in [-0.15, -0.1) is 0 Å². The van der Waals surface area contributed by atoms with Crippen LogP contribution in [0.1, 0.15) is 38.6 Å². The molecule has 0 N–H and O–H groups in total.